The molecule has 0 aliphatic carbocycles. The number of aliphatic hydroxyl groups is 1. The largest absolute Gasteiger partial charge is 0.395 e. The van der Waals surface area contributed by atoms with Gasteiger partial charge in [-0.25, -0.2) is 0 Å². The van der Waals surface area contributed by atoms with Crippen LogP contribution in [0.25, 0.3) is 0 Å². The first-order valence-corrected chi connectivity index (χ1v) is 7.47. The number of benzene rings is 1. The summed E-state index contributed by atoms with van der Waals surface area (Å²) in [6, 6.07) is 6.84. The van der Waals surface area contributed by atoms with E-state index >= 15 is 0 Å². The second-order valence-electron chi connectivity index (χ2n) is 4.37. The molecule has 6 heteroatoms. The summed E-state index contributed by atoms with van der Waals surface area (Å²) in [6.45, 7) is 3.00. The van der Waals surface area contributed by atoms with Crippen LogP contribution < -0.4 is 5.32 Å². The molecule has 19 heavy (non-hydrogen) atoms. The number of rotatable bonds is 8. The number of nitro benzene ring substituents is 1. The molecular weight excluding hydrogens is 264 g/mol. The molecule has 0 aliphatic heterocycles. The second kappa shape index (κ2) is 8.14. The summed E-state index contributed by atoms with van der Waals surface area (Å²) in [5.41, 5.74) is 1.18. The lowest BCUT2D eigenvalue weighted by Crippen LogP contribution is -2.38. The van der Waals surface area contributed by atoms with Gasteiger partial charge in [0.2, 0.25) is 0 Å². The van der Waals surface area contributed by atoms with E-state index in [9.17, 15) is 15.2 Å². The number of thioether (sulfide) groups is 1. The maximum absolute atomic E-state index is 10.5. The highest BCUT2D eigenvalue weighted by Crippen LogP contribution is 2.13. The van der Waals surface area contributed by atoms with E-state index in [1.54, 1.807) is 23.9 Å². The van der Waals surface area contributed by atoms with E-state index in [1.165, 1.54) is 12.1 Å². The third kappa shape index (κ3) is 5.18. The Labute approximate surface area is 117 Å². The Morgan fingerprint density at radius 2 is 2.05 bits per heavy atom. The molecule has 0 saturated carbocycles. The van der Waals surface area contributed by atoms with Crippen molar-refractivity contribution in [2.45, 2.75) is 24.6 Å². The van der Waals surface area contributed by atoms with Gasteiger partial charge in [-0.05, 0) is 31.7 Å². The Morgan fingerprint density at radius 3 is 2.53 bits per heavy atom. The maximum Gasteiger partial charge on any atom is 0.269 e. The molecular formula is C13H20N2O3S. The molecule has 1 aromatic rings. The zero-order chi connectivity index (χ0) is 14.3. The Hall–Kier alpha value is -1.11. The highest BCUT2D eigenvalue weighted by Gasteiger charge is 2.14. The van der Waals surface area contributed by atoms with Crippen molar-refractivity contribution in [2.75, 3.05) is 19.4 Å². The van der Waals surface area contributed by atoms with Crippen LogP contribution in [0.3, 0.4) is 0 Å². The van der Waals surface area contributed by atoms with Gasteiger partial charge in [-0.1, -0.05) is 12.1 Å². The van der Waals surface area contributed by atoms with Gasteiger partial charge in [-0.15, -0.1) is 0 Å². The standard InChI is InChI=1S/C13H20N2O3S/c1-10(13(9-16)19-2)14-8-7-11-3-5-12(6-4-11)15(17)18/h3-6,10,13-14,16H,7-9H2,1-2H3. The van der Waals surface area contributed by atoms with Crippen molar-refractivity contribution in [3.63, 3.8) is 0 Å². The predicted molar refractivity (Wildman–Crippen MR) is 78.7 cm³/mol. The summed E-state index contributed by atoms with van der Waals surface area (Å²) in [7, 11) is 0. The van der Waals surface area contributed by atoms with Crippen LogP contribution in [-0.2, 0) is 6.42 Å². The number of hydrogen-bond donors (Lipinski definition) is 2. The lowest BCUT2D eigenvalue weighted by molar-refractivity contribution is -0.384. The van der Waals surface area contributed by atoms with Crippen LogP contribution in [0, 0.1) is 10.1 Å². The summed E-state index contributed by atoms with van der Waals surface area (Å²) in [5.74, 6) is 0. The fourth-order valence-corrected chi connectivity index (χ4v) is 2.45. The smallest absolute Gasteiger partial charge is 0.269 e. The molecule has 0 bridgehead atoms. The summed E-state index contributed by atoms with van der Waals surface area (Å²) >= 11 is 1.64. The maximum atomic E-state index is 10.5. The molecule has 0 aliphatic rings. The van der Waals surface area contributed by atoms with Crippen LogP contribution in [-0.4, -0.2) is 40.7 Å². The van der Waals surface area contributed by atoms with Gasteiger partial charge in [0.1, 0.15) is 0 Å². The minimum Gasteiger partial charge on any atom is -0.395 e. The Balaban J connectivity index is 2.38. The molecule has 2 unspecified atom stereocenters. The zero-order valence-corrected chi connectivity index (χ0v) is 12.0. The van der Waals surface area contributed by atoms with Crippen molar-refractivity contribution in [2.24, 2.45) is 0 Å². The number of aliphatic hydroxyl groups excluding tert-OH is 1. The van der Waals surface area contributed by atoms with E-state index in [0.29, 0.717) is 0 Å². The Morgan fingerprint density at radius 1 is 1.42 bits per heavy atom. The van der Waals surface area contributed by atoms with E-state index < -0.39 is 4.92 Å². The van der Waals surface area contributed by atoms with Crippen molar-refractivity contribution in [1.82, 2.24) is 5.32 Å². The van der Waals surface area contributed by atoms with Crippen LogP contribution in [0.1, 0.15) is 12.5 Å². The third-order valence-electron chi connectivity index (χ3n) is 3.07. The van der Waals surface area contributed by atoms with Crippen LogP contribution >= 0.6 is 11.8 Å². The predicted octanol–water partition coefficient (Wildman–Crippen LogP) is 1.84. The first-order valence-electron chi connectivity index (χ1n) is 6.19. The molecule has 2 N–H and O–H groups in total. The molecule has 0 amide bonds. The average Bonchev–Trinajstić information content (AvgIpc) is 2.40. The molecule has 0 heterocycles. The van der Waals surface area contributed by atoms with Gasteiger partial charge in [-0.3, -0.25) is 10.1 Å². The summed E-state index contributed by atoms with van der Waals surface area (Å²) in [5, 5.41) is 23.2. The summed E-state index contributed by atoms with van der Waals surface area (Å²) in [6.07, 6.45) is 2.80. The van der Waals surface area contributed by atoms with Crippen LogP contribution in [0.2, 0.25) is 0 Å². The number of non-ortho nitro benzene ring substituents is 1. The van der Waals surface area contributed by atoms with Gasteiger partial charge < -0.3 is 10.4 Å². The van der Waals surface area contributed by atoms with E-state index in [4.69, 9.17) is 0 Å². The van der Waals surface area contributed by atoms with Crippen LogP contribution in [0.5, 0.6) is 0 Å². The van der Waals surface area contributed by atoms with Gasteiger partial charge in [0.05, 0.1) is 11.5 Å². The molecule has 2 atom stereocenters. The molecule has 0 fully saturated rings. The minimum absolute atomic E-state index is 0.118. The minimum atomic E-state index is -0.394. The number of nitrogens with one attached hydrogen (secondary N) is 1. The summed E-state index contributed by atoms with van der Waals surface area (Å²) < 4.78 is 0. The monoisotopic (exact) mass is 284 g/mol. The third-order valence-corrected chi connectivity index (χ3v) is 4.23. The topological polar surface area (TPSA) is 75.4 Å². The fourth-order valence-electron chi connectivity index (χ4n) is 1.80. The Bertz CT molecular complexity index is 393. The molecule has 0 aromatic heterocycles. The lowest BCUT2D eigenvalue weighted by atomic mass is 10.1. The number of hydrogen-bond acceptors (Lipinski definition) is 5. The van der Waals surface area contributed by atoms with Gasteiger partial charge in [-0.2, -0.15) is 11.8 Å². The molecule has 106 valence electrons. The van der Waals surface area contributed by atoms with E-state index in [1.807, 2.05) is 13.2 Å². The first-order chi connectivity index (χ1) is 9.08. The van der Waals surface area contributed by atoms with Gasteiger partial charge in [0.15, 0.2) is 0 Å². The quantitative estimate of drug-likeness (QED) is 0.563. The summed E-state index contributed by atoms with van der Waals surface area (Å²) in [4.78, 5) is 10.1. The Kier molecular flexibility index (Phi) is 6.83. The molecule has 5 nitrogen and oxygen atoms in total. The molecule has 0 spiro atoms. The van der Waals surface area contributed by atoms with E-state index in [0.717, 1.165) is 18.5 Å². The van der Waals surface area contributed by atoms with Crippen molar-refractivity contribution >= 4 is 17.4 Å². The van der Waals surface area contributed by atoms with E-state index in [-0.39, 0.29) is 23.6 Å². The lowest BCUT2D eigenvalue weighted by Gasteiger charge is -2.21. The SMILES string of the molecule is CSC(CO)C(C)NCCc1ccc([N+](=O)[O-])cc1. The average molecular weight is 284 g/mol. The van der Waals surface area contributed by atoms with Crippen molar-refractivity contribution in [1.29, 1.82) is 0 Å². The molecule has 1 rings (SSSR count). The highest BCUT2D eigenvalue weighted by atomic mass is 32.2. The van der Waals surface area contributed by atoms with Gasteiger partial charge in [0.25, 0.3) is 5.69 Å². The highest BCUT2D eigenvalue weighted by molar-refractivity contribution is 7.99. The first kappa shape index (κ1) is 15.9. The van der Waals surface area contributed by atoms with Gasteiger partial charge in [0, 0.05) is 23.4 Å². The zero-order valence-electron chi connectivity index (χ0n) is 11.2. The number of nitro groups is 1. The van der Waals surface area contributed by atoms with E-state index in [2.05, 4.69) is 5.32 Å². The fraction of sp³-hybridized carbons (Fsp3) is 0.538. The molecule has 0 radical (unpaired) electrons. The van der Waals surface area contributed by atoms with Crippen molar-refractivity contribution in [3.05, 3.63) is 39.9 Å². The second-order valence-corrected chi connectivity index (χ2v) is 5.45. The van der Waals surface area contributed by atoms with Crippen LogP contribution in [0.4, 0.5) is 5.69 Å². The van der Waals surface area contributed by atoms with Crippen LogP contribution in [0.15, 0.2) is 24.3 Å². The number of nitrogens with zero attached hydrogens (tertiary/aromatic N) is 1. The molecule has 1 aromatic carbocycles. The van der Waals surface area contributed by atoms with Gasteiger partial charge >= 0.3 is 0 Å². The van der Waals surface area contributed by atoms with Crippen molar-refractivity contribution < 1.29 is 10.0 Å². The normalized spacial score (nSPS) is 14.1. The molecule has 0 saturated heterocycles. The van der Waals surface area contributed by atoms with Crippen molar-refractivity contribution in [3.8, 4) is 0 Å².